The quantitative estimate of drug-likeness (QED) is 0.0829. The fourth-order valence-corrected chi connectivity index (χ4v) is 3.25. The minimum absolute atomic E-state index is 0.120. The largest absolute Gasteiger partial charge is 0.400 e. The predicted octanol–water partition coefficient (Wildman–Crippen LogP) is 3.00. The highest BCUT2D eigenvalue weighted by atomic mass is 35.5. The molecule has 2 rings (SSSR count). The summed E-state index contributed by atoms with van der Waals surface area (Å²) >= 11 is 9.74. The first-order valence-corrected chi connectivity index (χ1v) is 12.0. The fraction of sp³-hybridized carbons (Fsp3) is 0.333. The van der Waals surface area contributed by atoms with Crippen LogP contribution in [-0.2, 0) is 21.9 Å². The molecule has 0 aliphatic heterocycles. The number of nitrogens with one attached hydrogen (secondary N) is 2. The molecule has 0 saturated carbocycles. The third-order valence-electron chi connectivity index (χ3n) is 4.70. The summed E-state index contributed by atoms with van der Waals surface area (Å²) < 4.78 is 0. The molecule has 0 saturated heterocycles. The van der Waals surface area contributed by atoms with Crippen LogP contribution in [0.5, 0.6) is 0 Å². The summed E-state index contributed by atoms with van der Waals surface area (Å²) in [4.78, 5) is 24.0. The maximum absolute atomic E-state index is 12.3. The number of thiol groups is 1. The lowest BCUT2D eigenvalue weighted by molar-refractivity contribution is -0.139. The minimum atomic E-state index is -0.969. The van der Waals surface area contributed by atoms with Gasteiger partial charge in [0, 0.05) is 34.9 Å². The number of nitrogens with zero attached hydrogens (tertiary/aromatic N) is 1. The highest BCUT2D eigenvalue weighted by molar-refractivity contribution is 7.79. The van der Waals surface area contributed by atoms with Crippen molar-refractivity contribution in [2.75, 3.05) is 11.9 Å². The van der Waals surface area contributed by atoms with Crippen molar-refractivity contribution in [1.29, 1.82) is 0 Å². The Kier molecular flexibility index (Phi) is 13.8. The first-order valence-electron chi connectivity index (χ1n) is 11.0. The lowest BCUT2D eigenvalue weighted by atomic mass is 9.95. The first kappa shape index (κ1) is 30.3. The molecule has 0 heterocycles. The molecule has 9 N–H and O–H groups in total. The van der Waals surface area contributed by atoms with Crippen molar-refractivity contribution in [3.8, 4) is 0 Å². The Morgan fingerprint density at radius 1 is 1.09 bits per heavy atom. The van der Waals surface area contributed by atoms with Crippen molar-refractivity contribution in [2.45, 2.75) is 32.6 Å². The molecule has 0 spiro atoms. The van der Waals surface area contributed by atoms with E-state index >= 15 is 0 Å². The van der Waals surface area contributed by atoms with Crippen molar-refractivity contribution >= 4 is 41.7 Å². The molecule has 0 aliphatic carbocycles. The third kappa shape index (κ3) is 12.0. The number of hydroxylamine groups is 1. The van der Waals surface area contributed by atoms with Crippen molar-refractivity contribution in [2.24, 2.45) is 29.1 Å². The number of hydrogen-bond donors (Lipinski definition) is 7. The highest BCUT2D eigenvalue weighted by Crippen LogP contribution is 2.17. The van der Waals surface area contributed by atoms with Gasteiger partial charge in [0.1, 0.15) is 5.92 Å². The Morgan fingerprint density at radius 2 is 1.66 bits per heavy atom. The monoisotopic (exact) mass is 522 g/mol. The van der Waals surface area contributed by atoms with Gasteiger partial charge >= 0.3 is 0 Å². The molecule has 2 aromatic carbocycles. The summed E-state index contributed by atoms with van der Waals surface area (Å²) in [6.45, 7) is 4.42. The average molecular weight is 523 g/mol. The van der Waals surface area contributed by atoms with Crippen LogP contribution >= 0.6 is 24.2 Å². The molecular formula is C24H35ClN6O3S. The Bertz CT molecular complexity index is 955. The molecule has 0 fully saturated rings. The van der Waals surface area contributed by atoms with Gasteiger partial charge in [-0.25, -0.2) is 11.3 Å². The van der Waals surface area contributed by atoms with Gasteiger partial charge in [-0.15, -0.1) is 0 Å². The Balaban J connectivity index is 0.000000566. The average Bonchev–Trinajstić information content (AvgIpc) is 2.83. The van der Waals surface area contributed by atoms with E-state index in [1.165, 1.54) is 10.6 Å². The molecule has 2 aromatic rings. The summed E-state index contributed by atoms with van der Waals surface area (Å²) in [6.07, 6.45) is 1.88. The van der Waals surface area contributed by atoms with E-state index in [0.29, 0.717) is 24.4 Å². The van der Waals surface area contributed by atoms with Crippen LogP contribution in [-0.4, -0.2) is 28.6 Å². The molecule has 0 aliphatic rings. The molecule has 192 valence electrons. The summed E-state index contributed by atoms with van der Waals surface area (Å²) in [7, 11) is 0. The Hall–Kier alpha value is -2.76. The summed E-state index contributed by atoms with van der Waals surface area (Å²) in [6, 6.07) is 14.7. The number of benzene rings is 2. The van der Waals surface area contributed by atoms with E-state index in [4.69, 9.17) is 34.1 Å². The van der Waals surface area contributed by atoms with Crippen LogP contribution in [0.2, 0.25) is 5.02 Å². The zero-order chi connectivity index (χ0) is 26.4. The van der Waals surface area contributed by atoms with Gasteiger partial charge in [-0.1, -0.05) is 49.7 Å². The summed E-state index contributed by atoms with van der Waals surface area (Å²) in [5.41, 5.74) is 15.7. The molecule has 35 heavy (non-hydrogen) atoms. The molecule has 1 atom stereocenters. The molecule has 9 nitrogen and oxygen atoms in total. The van der Waals surface area contributed by atoms with E-state index < -0.39 is 17.7 Å². The molecule has 11 heteroatoms. The first-order chi connectivity index (χ1) is 16.6. The number of rotatable bonds is 10. The van der Waals surface area contributed by atoms with E-state index in [9.17, 15) is 9.59 Å². The van der Waals surface area contributed by atoms with Gasteiger partial charge in [0.2, 0.25) is 5.91 Å². The van der Waals surface area contributed by atoms with Crippen LogP contribution in [0.3, 0.4) is 0 Å². The minimum Gasteiger partial charge on any atom is -0.400 e. The van der Waals surface area contributed by atoms with Crippen molar-refractivity contribution in [1.82, 2.24) is 10.5 Å². The second-order valence-corrected chi connectivity index (χ2v) is 8.96. The van der Waals surface area contributed by atoms with Crippen molar-refractivity contribution in [3.05, 3.63) is 76.6 Å². The van der Waals surface area contributed by atoms with Crippen LogP contribution < -0.4 is 28.1 Å². The van der Waals surface area contributed by atoms with Crippen LogP contribution in [0, 0.1) is 11.8 Å². The molecule has 0 bridgehead atoms. The van der Waals surface area contributed by atoms with Crippen LogP contribution in [0.1, 0.15) is 31.4 Å². The predicted molar refractivity (Wildman–Crippen MR) is 143 cm³/mol. The zero-order valence-corrected chi connectivity index (χ0v) is 21.6. The number of hydrazine groups is 1. The number of nitrogens with two attached hydrogens (primary N) is 3. The van der Waals surface area contributed by atoms with Crippen LogP contribution in [0.25, 0.3) is 0 Å². The third-order valence-corrected chi connectivity index (χ3v) is 5.32. The molecule has 1 unspecified atom stereocenters. The smallest absolute Gasteiger partial charge is 0.255 e. The molecular weight excluding hydrogens is 488 g/mol. The number of carbonyl (C=O) groups excluding carboxylic acids is 2. The molecule has 2 amide bonds. The van der Waals surface area contributed by atoms with Crippen LogP contribution in [0.15, 0.2) is 60.4 Å². The molecule has 0 aromatic heterocycles. The van der Waals surface area contributed by atoms with Crippen molar-refractivity contribution in [3.63, 3.8) is 0 Å². The Morgan fingerprint density at radius 3 is 2.14 bits per heavy atom. The highest BCUT2D eigenvalue weighted by Gasteiger charge is 2.27. The zero-order valence-electron chi connectivity index (χ0n) is 19.9. The number of hydrogen-bond acceptors (Lipinski definition) is 8. The molecule has 0 radical (unpaired) electrons. The van der Waals surface area contributed by atoms with E-state index in [0.717, 1.165) is 16.3 Å². The van der Waals surface area contributed by atoms with Gasteiger partial charge in [-0.05, 0) is 47.7 Å². The van der Waals surface area contributed by atoms with E-state index in [1.54, 1.807) is 35.9 Å². The van der Waals surface area contributed by atoms with Gasteiger partial charge in [-0.3, -0.25) is 14.8 Å². The lowest BCUT2D eigenvalue weighted by Gasteiger charge is -2.17. The van der Waals surface area contributed by atoms with Gasteiger partial charge in [0.15, 0.2) is 0 Å². The number of halogens is 1. The normalized spacial score (nSPS) is 11.8. The van der Waals surface area contributed by atoms with E-state index in [-0.39, 0.29) is 12.5 Å². The SMILES string of the molecule is CC(C)CC(C(=O)NO)C(=O)Nc1ccc(CN(N)/C=C(\N)CN)cc1.SCc1ccc(Cl)cc1. The number of amides is 2. The number of anilines is 1. The fourth-order valence-electron chi connectivity index (χ4n) is 2.92. The second kappa shape index (κ2) is 16.0. The van der Waals surface area contributed by atoms with Gasteiger partial charge in [-0.2, -0.15) is 12.6 Å². The second-order valence-electron chi connectivity index (χ2n) is 8.21. The summed E-state index contributed by atoms with van der Waals surface area (Å²) in [5.74, 6) is 4.54. The van der Waals surface area contributed by atoms with Gasteiger partial charge < -0.3 is 21.8 Å². The van der Waals surface area contributed by atoms with Gasteiger partial charge in [0.25, 0.3) is 5.91 Å². The Labute approximate surface area is 217 Å². The van der Waals surface area contributed by atoms with Crippen molar-refractivity contribution < 1.29 is 14.8 Å². The lowest BCUT2D eigenvalue weighted by Crippen LogP contribution is -2.37. The van der Waals surface area contributed by atoms with Crippen LogP contribution in [0.4, 0.5) is 5.69 Å². The van der Waals surface area contributed by atoms with E-state index in [2.05, 4.69) is 17.9 Å². The standard InChI is InChI=1S/C17H28N6O3.C7H7ClS/c1-11(2)7-15(17(25)22-26)16(24)21-14-5-3-12(4-6-14)9-23(20)10-13(19)8-18;8-7-3-1-6(5-9)2-4-7/h3-6,10-11,15,26H,7-9,18-20H2,1-2H3,(H,21,24)(H,22,25);1-4,9H,5H2/b13-10-;. The maximum Gasteiger partial charge on any atom is 0.255 e. The summed E-state index contributed by atoms with van der Waals surface area (Å²) in [5, 5.41) is 13.7. The number of carbonyl (C=O) groups is 2. The van der Waals surface area contributed by atoms with Gasteiger partial charge in [0.05, 0.1) is 6.54 Å². The maximum atomic E-state index is 12.3. The van der Waals surface area contributed by atoms with E-state index in [1.807, 2.05) is 38.1 Å². The topological polar surface area (TPSA) is 160 Å².